The maximum absolute atomic E-state index is 12.4. The number of hydrogen-bond donors (Lipinski definition) is 3. The van der Waals surface area contributed by atoms with Crippen LogP contribution >= 0.6 is 0 Å². The molecule has 5 nitrogen and oxygen atoms in total. The van der Waals surface area contributed by atoms with Gasteiger partial charge in [0, 0.05) is 23.5 Å². The Labute approximate surface area is 146 Å². The zero-order valence-electron chi connectivity index (χ0n) is 13.7. The Hall–Kier alpha value is -2.70. The van der Waals surface area contributed by atoms with E-state index in [0.29, 0.717) is 6.42 Å². The molecule has 1 aromatic heterocycles. The van der Waals surface area contributed by atoms with E-state index in [-0.39, 0.29) is 5.91 Å². The largest absolute Gasteiger partial charge is 0.433 e. The Kier molecular flexibility index (Phi) is 4.21. The molecule has 1 amide bonds. The number of rotatable bonds is 3. The molecule has 0 saturated carbocycles. The lowest BCUT2D eigenvalue weighted by molar-refractivity contribution is -0.115. The third-order valence-electron chi connectivity index (χ3n) is 4.52. The molecular formula is C19H18BN3O2. The number of carbonyl (C=O) groups excluding carboxylic acids is 1. The van der Waals surface area contributed by atoms with E-state index < -0.39 is 7.05 Å². The van der Waals surface area contributed by atoms with Crippen molar-refractivity contribution in [2.45, 2.75) is 12.8 Å². The molecule has 0 unspecified atom stereocenters. The van der Waals surface area contributed by atoms with Crippen molar-refractivity contribution in [3.05, 3.63) is 66.0 Å². The van der Waals surface area contributed by atoms with Gasteiger partial charge in [0.05, 0.1) is 6.42 Å². The third kappa shape index (κ3) is 3.40. The number of pyridine rings is 1. The lowest BCUT2D eigenvalue weighted by atomic mass is 9.68. The van der Waals surface area contributed by atoms with E-state index in [1.54, 1.807) is 12.4 Å². The van der Waals surface area contributed by atoms with Gasteiger partial charge in [0.2, 0.25) is 5.91 Å². The molecule has 1 aliphatic heterocycles. The van der Waals surface area contributed by atoms with Crippen LogP contribution in [0.4, 0.5) is 5.69 Å². The summed E-state index contributed by atoms with van der Waals surface area (Å²) in [7, 11) is -0.612. The van der Waals surface area contributed by atoms with E-state index in [2.05, 4.69) is 15.5 Å². The summed E-state index contributed by atoms with van der Waals surface area (Å²) in [4.78, 5) is 16.5. The predicted octanol–water partition coefficient (Wildman–Crippen LogP) is 1.25. The summed E-state index contributed by atoms with van der Waals surface area (Å²) in [5, 5.41) is 18.0. The molecule has 1 aliphatic rings. The van der Waals surface area contributed by atoms with Crippen molar-refractivity contribution in [3.63, 3.8) is 0 Å². The van der Waals surface area contributed by atoms with Crippen LogP contribution in [-0.4, -0.2) is 29.5 Å². The highest BCUT2D eigenvalue weighted by molar-refractivity contribution is 6.64. The van der Waals surface area contributed by atoms with Gasteiger partial charge in [-0.15, -0.1) is 0 Å². The summed E-state index contributed by atoms with van der Waals surface area (Å²) in [5.41, 5.74) is 3.74. The Morgan fingerprint density at radius 3 is 3.04 bits per heavy atom. The zero-order valence-corrected chi connectivity index (χ0v) is 13.7. The average molecular weight is 331 g/mol. The van der Waals surface area contributed by atoms with E-state index >= 15 is 0 Å². The van der Waals surface area contributed by atoms with Crippen LogP contribution in [0.3, 0.4) is 0 Å². The molecule has 4 rings (SSSR count). The van der Waals surface area contributed by atoms with Crippen LogP contribution in [0.2, 0.25) is 0 Å². The van der Waals surface area contributed by atoms with Gasteiger partial charge in [-0.1, -0.05) is 24.3 Å². The number of amides is 1. The second-order valence-electron chi connectivity index (χ2n) is 6.30. The number of aromatic nitrogens is 1. The predicted molar refractivity (Wildman–Crippen MR) is 99.8 cm³/mol. The van der Waals surface area contributed by atoms with Crippen LogP contribution in [0, 0.1) is 0 Å². The monoisotopic (exact) mass is 331 g/mol. The van der Waals surface area contributed by atoms with Crippen LogP contribution in [0.15, 0.2) is 54.9 Å². The van der Waals surface area contributed by atoms with Crippen LogP contribution in [0.1, 0.15) is 11.1 Å². The van der Waals surface area contributed by atoms with Gasteiger partial charge in [-0.05, 0) is 53.1 Å². The van der Waals surface area contributed by atoms with Gasteiger partial charge >= 0.3 is 7.05 Å². The SMILES string of the molecule is O=C(Cc1ccc2c(c1)CCNB2O)Nc1ccc2cnccc2c1. The van der Waals surface area contributed by atoms with Crippen LogP contribution in [0.5, 0.6) is 0 Å². The number of nitrogens with zero attached hydrogens (tertiary/aromatic N) is 1. The number of carbonyl (C=O) groups is 1. The summed E-state index contributed by atoms with van der Waals surface area (Å²) >= 11 is 0. The van der Waals surface area contributed by atoms with Gasteiger partial charge in [-0.25, -0.2) is 0 Å². The fourth-order valence-corrected chi connectivity index (χ4v) is 3.26. The smallest absolute Gasteiger partial charge is 0.413 e. The molecule has 0 saturated heterocycles. The van der Waals surface area contributed by atoms with Crippen molar-refractivity contribution >= 4 is 34.9 Å². The summed E-state index contributed by atoms with van der Waals surface area (Å²) in [5.74, 6) is -0.0529. The Balaban J connectivity index is 1.48. The Bertz CT molecular complexity index is 945. The lowest BCUT2D eigenvalue weighted by Gasteiger charge is -2.20. The molecule has 3 aromatic rings. The minimum absolute atomic E-state index is 0.0529. The van der Waals surface area contributed by atoms with Gasteiger partial charge in [-0.3, -0.25) is 9.78 Å². The van der Waals surface area contributed by atoms with Crippen LogP contribution in [-0.2, 0) is 17.6 Å². The maximum Gasteiger partial charge on any atom is 0.413 e. The summed E-state index contributed by atoms with van der Waals surface area (Å²) in [6, 6.07) is 13.5. The first kappa shape index (κ1) is 15.8. The maximum atomic E-state index is 12.4. The summed E-state index contributed by atoms with van der Waals surface area (Å²) < 4.78 is 0. The number of hydrogen-bond acceptors (Lipinski definition) is 4. The van der Waals surface area contributed by atoms with Crippen molar-refractivity contribution in [1.29, 1.82) is 0 Å². The summed E-state index contributed by atoms with van der Waals surface area (Å²) in [6.45, 7) is 0.746. The van der Waals surface area contributed by atoms with Crippen LogP contribution < -0.4 is 16.0 Å². The standard InChI is InChI=1S/C19H18BN3O2/c24-19(23-17-3-2-16-12-21-7-5-14(16)11-17)10-13-1-4-18-15(9-13)6-8-22-20(18)25/h1-5,7,9,11-12,22,25H,6,8,10H2,(H,23,24). The number of anilines is 1. The van der Waals surface area contributed by atoms with Crippen molar-refractivity contribution in [3.8, 4) is 0 Å². The van der Waals surface area contributed by atoms with Gasteiger partial charge in [-0.2, -0.15) is 0 Å². The molecular weight excluding hydrogens is 313 g/mol. The van der Waals surface area contributed by atoms with E-state index in [9.17, 15) is 9.82 Å². The molecule has 0 bridgehead atoms. The average Bonchev–Trinajstić information content (AvgIpc) is 2.61. The van der Waals surface area contributed by atoms with Crippen LogP contribution in [0.25, 0.3) is 10.8 Å². The molecule has 2 heterocycles. The highest BCUT2D eigenvalue weighted by Gasteiger charge is 2.22. The highest BCUT2D eigenvalue weighted by atomic mass is 16.2. The van der Waals surface area contributed by atoms with E-state index in [1.807, 2.05) is 42.5 Å². The molecule has 2 aromatic carbocycles. The molecule has 0 fully saturated rings. The molecule has 3 N–H and O–H groups in total. The number of benzene rings is 2. The second kappa shape index (κ2) is 6.66. The van der Waals surface area contributed by atoms with E-state index in [0.717, 1.165) is 46.0 Å². The van der Waals surface area contributed by atoms with Gasteiger partial charge < -0.3 is 15.6 Å². The molecule has 124 valence electrons. The minimum atomic E-state index is -0.612. The first-order chi connectivity index (χ1) is 12.2. The molecule has 6 heteroatoms. The zero-order chi connectivity index (χ0) is 17.2. The third-order valence-corrected chi connectivity index (χ3v) is 4.52. The van der Waals surface area contributed by atoms with Gasteiger partial charge in [0.15, 0.2) is 0 Å². The number of nitrogens with one attached hydrogen (secondary N) is 2. The molecule has 0 aliphatic carbocycles. The molecule has 0 spiro atoms. The highest BCUT2D eigenvalue weighted by Crippen LogP contribution is 2.18. The van der Waals surface area contributed by atoms with E-state index in [4.69, 9.17) is 0 Å². The second-order valence-corrected chi connectivity index (χ2v) is 6.30. The minimum Gasteiger partial charge on any atom is -0.433 e. The topological polar surface area (TPSA) is 74.2 Å². The van der Waals surface area contributed by atoms with E-state index in [1.165, 1.54) is 0 Å². The lowest BCUT2D eigenvalue weighted by Crippen LogP contribution is -2.51. The fourth-order valence-electron chi connectivity index (χ4n) is 3.26. The molecule has 0 atom stereocenters. The Morgan fingerprint density at radius 1 is 1.20 bits per heavy atom. The van der Waals surface area contributed by atoms with Crippen molar-refractivity contribution in [1.82, 2.24) is 10.2 Å². The molecule has 25 heavy (non-hydrogen) atoms. The fraction of sp³-hybridized carbons (Fsp3) is 0.158. The molecule has 0 radical (unpaired) electrons. The van der Waals surface area contributed by atoms with Gasteiger partial charge in [0.1, 0.15) is 0 Å². The Morgan fingerprint density at radius 2 is 2.12 bits per heavy atom. The quantitative estimate of drug-likeness (QED) is 0.632. The first-order valence-corrected chi connectivity index (χ1v) is 8.36. The number of fused-ring (bicyclic) bond motifs is 2. The van der Waals surface area contributed by atoms with Gasteiger partial charge in [0.25, 0.3) is 0 Å². The van der Waals surface area contributed by atoms with Crippen molar-refractivity contribution in [2.24, 2.45) is 0 Å². The summed E-state index contributed by atoms with van der Waals surface area (Å²) in [6.07, 6.45) is 4.72. The first-order valence-electron chi connectivity index (χ1n) is 8.36. The van der Waals surface area contributed by atoms with Crippen molar-refractivity contribution in [2.75, 3.05) is 11.9 Å². The van der Waals surface area contributed by atoms with Crippen molar-refractivity contribution < 1.29 is 9.82 Å². The normalized spacial score (nSPS) is 13.6.